The fourth-order valence-electron chi connectivity index (χ4n) is 2.54. The Morgan fingerprint density at radius 2 is 1.90 bits per heavy atom. The Labute approximate surface area is 167 Å². The molecule has 166 valence electrons. The van der Waals surface area contributed by atoms with Gasteiger partial charge in [-0.05, 0) is 4.31 Å². The van der Waals surface area contributed by atoms with Crippen LogP contribution in [0.4, 0.5) is 5.82 Å². The molecule has 17 nitrogen and oxygen atoms in total. The summed E-state index contributed by atoms with van der Waals surface area (Å²) in [5.74, 6) is 0.0757. The monoisotopic (exact) mass is 490 g/mol. The van der Waals surface area contributed by atoms with Gasteiger partial charge in [-0.1, -0.05) is 0 Å². The highest BCUT2D eigenvalue weighted by Crippen LogP contribution is 2.61. The van der Waals surface area contributed by atoms with E-state index in [2.05, 4.69) is 28.1 Å². The minimum absolute atomic E-state index is 0.0757. The Balaban J connectivity index is 1.64. The van der Waals surface area contributed by atoms with Crippen molar-refractivity contribution in [2.75, 3.05) is 12.3 Å². The van der Waals surface area contributed by atoms with Gasteiger partial charge in [0.2, 0.25) is 0 Å². The zero-order chi connectivity index (χ0) is 22.3. The molecule has 6 atom stereocenters. The van der Waals surface area contributed by atoms with Gasteiger partial charge in [0.05, 0.1) is 6.33 Å². The van der Waals surface area contributed by atoms with E-state index in [1.54, 1.807) is 0 Å². The Bertz CT molecular complexity index is 1040. The molecule has 30 heavy (non-hydrogen) atoms. The molecule has 2 aromatic rings. The summed E-state index contributed by atoms with van der Waals surface area (Å²) in [5, 5.41) is 20.4. The SMILES string of the molecule is Nc1ncnc2c1ncn2[C@@H]1O[C@H](CO[P+](=O)OP(=O)(O)OP(=O)(O)O)[C@@H](O)[C@H]1O. The molecule has 0 aliphatic carbocycles. The number of ether oxygens (including phenoxy) is 1. The van der Waals surface area contributed by atoms with Crippen molar-refractivity contribution in [3.63, 3.8) is 0 Å². The number of hydrogen-bond acceptors (Lipinski definition) is 13. The molecule has 7 N–H and O–H groups in total. The van der Waals surface area contributed by atoms with E-state index in [1.165, 1.54) is 10.9 Å². The summed E-state index contributed by atoms with van der Waals surface area (Å²) in [4.78, 5) is 37.8. The van der Waals surface area contributed by atoms with Crippen molar-refractivity contribution in [1.29, 1.82) is 0 Å². The molecule has 0 spiro atoms. The topological polar surface area (TPSA) is 259 Å². The first-order valence-electron chi connectivity index (χ1n) is 7.72. The third-order valence-corrected chi connectivity index (χ3v) is 7.12. The average molecular weight is 490 g/mol. The van der Waals surface area contributed by atoms with Gasteiger partial charge < -0.3 is 30.5 Å². The van der Waals surface area contributed by atoms with Gasteiger partial charge in [0.25, 0.3) is 0 Å². The number of nitrogens with zero attached hydrogens (tertiary/aromatic N) is 4. The minimum atomic E-state index is -5.41. The lowest BCUT2D eigenvalue weighted by atomic mass is 10.1. The van der Waals surface area contributed by atoms with Gasteiger partial charge in [-0.3, -0.25) is 9.46 Å². The molecule has 2 unspecified atom stereocenters. The van der Waals surface area contributed by atoms with Crippen LogP contribution < -0.4 is 5.73 Å². The van der Waals surface area contributed by atoms with Gasteiger partial charge in [0, 0.05) is 4.57 Å². The van der Waals surface area contributed by atoms with E-state index in [4.69, 9.17) is 25.2 Å². The number of aliphatic hydroxyl groups excluding tert-OH is 2. The number of anilines is 1. The molecule has 0 amide bonds. The maximum atomic E-state index is 11.6. The summed E-state index contributed by atoms with van der Waals surface area (Å²) in [7, 11) is -14.2. The second kappa shape index (κ2) is 8.59. The minimum Gasteiger partial charge on any atom is -0.387 e. The smallest absolute Gasteiger partial charge is 0.387 e. The van der Waals surface area contributed by atoms with Crippen LogP contribution in [0.3, 0.4) is 0 Å². The van der Waals surface area contributed by atoms with Crippen molar-refractivity contribution in [2.45, 2.75) is 24.5 Å². The van der Waals surface area contributed by atoms with Crippen molar-refractivity contribution >= 4 is 40.9 Å². The molecule has 1 aliphatic heterocycles. The normalized spacial score (nSPS) is 27.3. The molecule has 2 aromatic heterocycles. The number of aliphatic hydroxyl groups is 2. The number of phosphoric acid groups is 2. The lowest BCUT2D eigenvalue weighted by molar-refractivity contribution is -0.0476. The predicted molar refractivity (Wildman–Crippen MR) is 93.3 cm³/mol. The third kappa shape index (κ3) is 5.23. The first kappa shape index (κ1) is 23.2. The fourth-order valence-corrected chi connectivity index (χ4v) is 5.14. The van der Waals surface area contributed by atoms with Crippen LogP contribution in [-0.4, -0.2) is 69.3 Å². The Hall–Kier alpha value is -1.45. The van der Waals surface area contributed by atoms with Crippen LogP contribution in [0, 0.1) is 0 Å². The Kier molecular flexibility index (Phi) is 6.65. The number of nitrogens with two attached hydrogens (primary N) is 1. The molecule has 0 saturated carbocycles. The first-order valence-corrected chi connectivity index (χ1v) is 11.8. The van der Waals surface area contributed by atoms with Crippen molar-refractivity contribution < 1.29 is 56.5 Å². The van der Waals surface area contributed by atoms with Crippen LogP contribution in [-0.2, 0) is 31.6 Å². The summed E-state index contributed by atoms with van der Waals surface area (Å²) in [5.41, 5.74) is 6.10. The number of hydrogen-bond donors (Lipinski definition) is 6. The van der Waals surface area contributed by atoms with Gasteiger partial charge in [0.15, 0.2) is 17.7 Å². The Morgan fingerprint density at radius 3 is 2.57 bits per heavy atom. The van der Waals surface area contributed by atoms with Crippen LogP contribution in [0.2, 0.25) is 0 Å². The van der Waals surface area contributed by atoms with E-state index < -0.39 is 55.0 Å². The summed E-state index contributed by atoms with van der Waals surface area (Å²) >= 11 is 0. The summed E-state index contributed by atoms with van der Waals surface area (Å²) in [6.45, 7) is -0.705. The molecule has 1 aliphatic rings. The van der Waals surface area contributed by atoms with E-state index >= 15 is 0 Å². The van der Waals surface area contributed by atoms with Gasteiger partial charge in [0.1, 0.15) is 36.8 Å². The zero-order valence-corrected chi connectivity index (χ0v) is 17.2. The standard InChI is InChI=1S/C10H14N5O12P3/c11-8-5-9(13-2-12-8)15(3-14-5)10-7(17)6(16)4(25-10)1-24-28(18)26-30(22,23)27-29(19,20)21/h2-4,6-7,10,16-17H,1H2,(H4-,11,12,13,19,20,21,22,23)/p+1/t4-,6-,7-,10-/m1/s1. The van der Waals surface area contributed by atoms with Crippen LogP contribution >= 0.6 is 23.9 Å². The highest BCUT2D eigenvalue weighted by atomic mass is 31.3. The Morgan fingerprint density at radius 1 is 1.20 bits per heavy atom. The van der Waals surface area contributed by atoms with Crippen molar-refractivity contribution in [3.05, 3.63) is 12.7 Å². The number of aromatic nitrogens is 4. The average Bonchev–Trinajstić information content (AvgIpc) is 3.14. The second-order valence-corrected chi connectivity index (χ2v) is 9.70. The molecular weight excluding hydrogens is 475 g/mol. The number of fused-ring (bicyclic) bond motifs is 1. The lowest BCUT2D eigenvalue weighted by Crippen LogP contribution is -2.33. The largest absolute Gasteiger partial charge is 0.708 e. The lowest BCUT2D eigenvalue weighted by Gasteiger charge is -2.16. The molecule has 3 heterocycles. The van der Waals surface area contributed by atoms with Crippen molar-refractivity contribution in [1.82, 2.24) is 19.5 Å². The quantitative estimate of drug-likeness (QED) is 0.241. The summed E-state index contributed by atoms with van der Waals surface area (Å²) in [6.07, 6.45) is -3.15. The number of imidazole rings is 1. The van der Waals surface area contributed by atoms with Gasteiger partial charge in [-0.15, -0.1) is 4.52 Å². The first-order chi connectivity index (χ1) is 13.9. The van der Waals surface area contributed by atoms with E-state index in [1.807, 2.05) is 0 Å². The van der Waals surface area contributed by atoms with Crippen LogP contribution in [0.25, 0.3) is 11.2 Å². The molecule has 0 radical (unpaired) electrons. The van der Waals surface area contributed by atoms with E-state index in [0.717, 1.165) is 6.33 Å². The second-order valence-electron chi connectivity index (χ2n) is 5.77. The van der Waals surface area contributed by atoms with Crippen molar-refractivity contribution in [3.8, 4) is 0 Å². The highest BCUT2D eigenvalue weighted by Gasteiger charge is 2.48. The third-order valence-electron chi connectivity index (χ3n) is 3.72. The van der Waals surface area contributed by atoms with Crippen LogP contribution in [0.5, 0.6) is 0 Å². The molecule has 3 rings (SSSR count). The number of nitrogen functional groups attached to an aromatic ring is 1. The molecule has 0 aromatic carbocycles. The van der Waals surface area contributed by atoms with E-state index in [9.17, 15) is 23.9 Å². The van der Waals surface area contributed by atoms with E-state index in [0.29, 0.717) is 0 Å². The van der Waals surface area contributed by atoms with Crippen LogP contribution in [0.15, 0.2) is 12.7 Å². The molecule has 1 saturated heterocycles. The zero-order valence-electron chi connectivity index (χ0n) is 14.5. The maximum absolute atomic E-state index is 11.6. The van der Waals surface area contributed by atoms with Gasteiger partial charge >= 0.3 is 23.9 Å². The molecular formula is C10H15N5O12P3+. The van der Waals surface area contributed by atoms with Gasteiger partial charge in [-0.2, -0.15) is 4.31 Å². The van der Waals surface area contributed by atoms with Crippen LogP contribution in [0.1, 0.15) is 6.23 Å². The summed E-state index contributed by atoms with van der Waals surface area (Å²) in [6, 6.07) is 0. The number of rotatable bonds is 8. The fraction of sp³-hybridized carbons (Fsp3) is 0.500. The maximum Gasteiger partial charge on any atom is 0.708 e. The van der Waals surface area contributed by atoms with E-state index in [-0.39, 0.29) is 17.0 Å². The highest BCUT2D eigenvalue weighted by molar-refractivity contribution is 7.64. The molecule has 0 bridgehead atoms. The molecule has 1 fully saturated rings. The predicted octanol–water partition coefficient (Wildman–Crippen LogP) is -1.07. The van der Waals surface area contributed by atoms with Crippen molar-refractivity contribution in [2.24, 2.45) is 0 Å². The molecule has 20 heteroatoms. The summed E-state index contributed by atoms with van der Waals surface area (Å²) < 4.78 is 52.2. The van der Waals surface area contributed by atoms with Gasteiger partial charge in [-0.25, -0.2) is 24.1 Å².